The molecule has 0 aliphatic heterocycles. The van der Waals surface area contributed by atoms with Crippen molar-refractivity contribution in [1.82, 2.24) is 0 Å². The Morgan fingerprint density at radius 1 is 1.64 bits per heavy atom. The Hall–Kier alpha value is -1.32. The van der Waals surface area contributed by atoms with Gasteiger partial charge in [-0.3, -0.25) is 10.1 Å². The Kier molecular flexibility index (Phi) is 2.25. The molecular weight excluding hydrogens is 146 g/mol. The molecule has 1 rings (SSSR count). The SMILES string of the molecule is Cc1ccc(CC[N+](=O)[O-])o1. The van der Waals surface area contributed by atoms with Gasteiger partial charge in [0.15, 0.2) is 0 Å². The second-order valence-electron chi connectivity index (χ2n) is 2.32. The van der Waals surface area contributed by atoms with Gasteiger partial charge in [-0.25, -0.2) is 0 Å². The molecule has 0 aliphatic carbocycles. The maximum atomic E-state index is 9.94. The van der Waals surface area contributed by atoms with Crippen LogP contribution in [0, 0.1) is 17.0 Å². The minimum absolute atomic E-state index is 0.0625. The van der Waals surface area contributed by atoms with Gasteiger partial charge in [0.05, 0.1) is 6.42 Å². The molecule has 1 heterocycles. The molecule has 4 heteroatoms. The van der Waals surface area contributed by atoms with Crippen LogP contribution in [0.4, 0.5) is 0 Å². The third-order valence-corrected chi connectivity index (χ3v) is 1.34. The lowest BCUT2D eigenvalue weighted by molar-refractivity contribution is -0.479. The molecule has 0 saturated carbocycles. The lowest BCUT2D eigenvalue weighted by Gasteiger charge is -1.89. The topological polar surface area (TPSA) is 56.3 Å². The second kappa shape index (κ2) is 3.18. The normalized spacial score (nSPS) is 9.91. The lowest BCUT2D eigenvalue weighted by Crippen LogP contribution is -2.02. The van der Waals surface area contributed by atoms with Crippen LogP contribution < -0.4 is 0 Å². The molecule has 0 radical (unpaired) electrons. The highest BCUT2D eigenvalue weighted by molar-refractivity contribution is 5.05. The predicted molar refractivity (Wildman–Crippen MR) is 39.0 cm³/mol. The van der Waals surface area contributed by atoms with Crippen LogP contribution in [0.2, 0.25) is 0 Å². The van der Waals surface area contributed by atoms with E-state index in [4.69, 9.17) is 4.42 Å². The van der Waals surface area contributed by atoms with Crippen molar-refractivity contribution in [3.63, 3.8) is 0 Å². The highest BCUT2D eigenvalue weighted by atomic mass is 16.6. The number of furan rings is 1. The molecule has 0 fully saturated rings. The van der Waals surface area contributed by atoms with Gasteiger partial charge in [0, 0.05) is 4.92 Å². The van der Waals surface area contributed by atoms with Crippen LogP contribution >= 0.6 is 0 Å². The number of aryl methyl sites for hydroxylation is 1. The summed E-state index contributed by atoms with van der Waals surface area (Å²) in [5, 5.41) is 9.94. The zero-order chi connectivity index (χ0) is 8.27. The van der Waals surface area contributed by atoms with Crippen molar-refractivity contribution in [3.05, 3.63) is 33.8 Å². The number of hydrogen-bond donors (Lipinski definition) is 0. The van der Waals surface area contributed by atoms with E-state index in [0.29, 0.717) is 12.2 Å². The van der Waals surface area contributed by atoms with Crippen molar-refractivity contribution in [3.8, 4) is 0 Å². The Bertz CT molecular complexity index is 254. The van der Waals surface area contributed by atoms with Gasteiger partial charge in [-0.2, -0.15) is 0 Å². The third-order valence-electron chi connectivity index (χ3n) is 1.34. The summed E-state index contributed by atoms with van der Waals surface area (Å²) in [5.74, 6) is 1.47. The molecule has 0 bridgehead atoms. The lowest BCUT2D eigenvalue weighted by atomic mass is 10.3. The first kappa shape index (κ1) is 7.78. The quantitative estimate of drug-likeness (QED) is 0.489. The molecular formula is C7H9NO3. The van der Waals surface area contributed by atoms with Crippen LogP contribution in [0.1, 0.15) is 11.5 Å². The molecule has 4 nitrogen and oxygen atoms in total. The van der Waals surface area contributed by atoms with Crippen LogP contribution in [0.3, 0.4) is 0 Å². The van der Waals surface area contributed by atoms with Crippen LogP contribution in [0.15, 0.2) is 16.5 Å². The van der Waals surface area contributed by atoms with Gasteiger partial charge < -0.3 is 4.42 Å². The largest absolute Gasteiger partial charge is 0.466 e. The minimum atomic E-state index is -0.349. The van der Waals surface area contributed by atoms with Crippen LogP contribution in [-0.4, -0.2) is 11.5 Å². The van der Waals surface area contributed by atoms with Crippen LogP contribution in [-0.2, 0) is 6.42 Å². The van der Waals surface area contributed by atoms with Gasteiger partial charge in [0.25, 0.3) is 0 Å². The fourth-order valence-corrected chi connectivity index (χ4v) is 0.821. The van der Waals surface area contributed by atoms with E-state index >= 15 is 0 Å². The maximum Gasteiger partial charge on any atom is 0.210 e. The summed E-state index contributed by atoms with van der Waals surface area (Å²) >= 11 is 0. The summed E-state index contributed by atoms with van der Waals surface area (Å²) in [7, 11) is 0. The molecule has 0 amide bonds. The molecule has 0 unspecified atom stereocenters. The molecule has 0 aliphatic rings. The Labute approximate surface area is 64.0 Å². The first-order valence-electron chi connectivity index (χ1n) is 3.35. The van der Waals surface area contributed by atoms with Crippen molar-refractivity contribution >= 4 is 0 Å². The molecule has 0 atom stereocenters. The van der Waals surface area contributed by atoms with E-state index < -0.39 is 0 Å². The number of rotatable bonds is 3. The summed E-state index contributed by atoms with van der Waals surface area (Å²) < 4.78 is 5.13. The van der Waals surface area contributed by atoms with Crippen molar-refractivity contribution < 1.29 is 9.34 Å². The van der Waals surface area contributed by atoms with Gasteiger partial charge in [0.1, 0.15) is 11.5 Å². The molecule has 1 aromatic heterocycles. The monoisotopic (exact) mass is 155 g/mol. The van der Waals surface area contributed by atoms with E-state index in [1.165, 1.54) is 0 Å². The summed E-state index contributed by atoms with van der Waals surface area (Å²) in [5.41, 5.74) is 0. The Morgan fingerprint density at radius 3 is 2.82 bits per heavy atom. The van der Waals surface area contributed by atoms with Crippen molar-refractivity contribution in [1.29, 1.82) is 0 Å². The first-order valence-corrected chi connectivity index (χ1v) is 3.35. The third kappa shape index (κ3) is 2.41. The summed E-state index contributed by atoms with van der Waals surface area (Å²) in [4.78, 5) is 9.59. The Balaban J connectivity index is 2.45. The smallest absolute Gasteiger partial charge is 0.210 e. The molecule has 0 aromatic carbocycles. The minimum Gasteiger partial charge on any atom is -0.466 e. The molecule has 11 heavy (non-hydrogen) atoms. The fourth-order valence-electron chi connectivity index (χ4n) is 0.821. The molecule has 60 valence electrons. The van der Waals surface area contributed by atoms with E-state index in [-0.39, 0.29) is 11.5 Å². The average molecular weight is 155 g/mol. The van der Waals surface area contributed by atoms with Gasteiger partial charge in [0.2, 0.25) is 6.54 Å². The van der Waals surface area contributed by atoms with Crippen molar-refractivity contribution in [2.75, 3.05) is 6.54 Å². The highest BCUT2D eigenvalue weighted by Crippen LogP contribution is 2.06. The van der Waals surface area contributed by atoms with Crippen LogP contribution in [0.5, 0.6) is 0 Å². The first-order chi connectivity index (χ1) is 5.18. The van der Waals surface area contributed by atoms with E-state index in [1.54, 1.807) is 12.1 Å². The van der Waals surface area contributed by atoms with Gasteiger partial charge in [-0.05, 0) is 19.1 Å². The zero-order valence-corrected chi connectivity index (χ0v) is 6.24. The number of hydrogen-bond acceptors (Lipinski definition) is 3. The number of nitro groups is 1. The van der Waals surface area contributed by atoms with E-state index in [2.05, 4.69) is 0 Å². The van der Waals surface area contributed by atoms with E-state index in [0.717, 1.165) is 5.76 Å². The van der Waals surface area contributed by atoms with E-state index in [9.17, 15) is 10.1 Å². The Morgan fingerprint density at radius 2 is 2.36 bits per heavy atom. The predicted octanol–water partition coefficient (Wildman–Crippen LogP) is 1.41. The van der Waals surface area contributed by atoms with Crippen molar-refractivity contribution in [2.45, 2.75) is 13.3 Å². The maximum absolute atomic E-state index is 9.94. The molecule has 0 spiro atoms. The summed E-state index contributed by atoms with van der Waals surface area (Å²) in [6.07, 6.45) is 0.376. The van der Waals surface area contributed by atoms with Crippen molar-refractivity contribution in [2.24, 2.45) is 0 Å². The second-order valence-corrected chi connectivity index (χ2v) is 2.32. The van der Waals surface area contributed by atoms with Gasteiger partial charge >= 0.3 is 0 Å². The number of nitrogens with zero attached hydrogens (tertiary/aromatic N) is 1. The molecule has 0 saturated heterocycles. The van der Waals surface area contributed by atoms with Crippen LogP contribution in [0.25, 0.3) is 0 Å². The highest BCUT2D eigenvalue weighted by Gasteiger charge is 2.02. The summed E-state index contributed by atoms with van der Waals surface area (Å²) in [6, 6.07) is 3.56. The average Bonchev–Trinajstić information content (AvgIpc) is 2.31. The summed E-state index contributed by atoms with van der Waals surface area (Å²) in [6.45, 7) is 1.75. The molecule has 0 N–H and O–H groups in total. The fraction of sp³-hybridized carbons (Fsp3) is 0.429. The van der Waals surface area contributed by atoms with Gasteiger partial charge in [-0.1, -0.05) is 0 Å². The van der Waals surface area contributed by atoms with Gasteiger partial charge in [-0.15, -0.1) is 0 Å². The molecule has 1 aromatic rings. The van der Waals surface area contributed by atoms with E-state index in [1.807, 2.05) is 6.92 Å². The standard InChI is InChI=1S/C7H9NO3/c1-6-2-3-7(11-6)4-5-8(9)10/h2-3H,4-5H2,1H3. The zero-order valence-electron chi connectivity index (χ0n) is 6.24.